The summed E-state index contributed by atoms with van der Waals surface area (Å²) in [6.45, 7) is 2.47. The Morgan fingerprint density at radius 3 is 2.66 bits per heavy atom. The number of carbonyl (C=O) groups is 1. The fraction of sp³-hybridized carbons (Fsp3) is 0.167. The number of nitrogens with zero attached hydrogens (tertiary/aromatic N) is 4. The van der Waals surface area contributed by atoms with Crippen molar-refractivity contribution >= 4 is 40.6 Å². The number of nitro groups is 1. The molecule has 0 bridgehead atoms. The maximum atomic E-state index is 13.1. The predicted octanol–water partition coefficient (Wildman–Crippen LogP) is 4.40. The van der Waals surface area contributed by atoms with E-state index in [1.165, 1.54) is 42.1 Å². The molecule has 0 radical (unpaired) electrons. The topological polar surface area (TPSA) is 103 Å². The van der Waals surface area contributed by atoms with Crippen LogP contribution in [0.5, 0.6) is 0 Å². The molecule has 1 N–H and O–H groups in total. The molecule has 1 amide bonds. The van der Waals surface area contributed by atoms with E-state index in [9.17, 15) is 19.3 Å². The third-order valence-corrected chi connectivity index (χ3v) is 5.18. The summed E-state index contributed by atoms with van der Waals surface area (Å²) in [7, 11) is 0. The first-order valence-electron chi connectivity index (χ1n) is 8.44. The van der Waals surface area contributed by atoms with Crippen LogP contribution in [0, 0.1) is 15.9 Å². The lowest BCUT2D eigenvalue weighted by Gasteiger charge is -2.08. The van der Waals surface area contributed by atoms with Crippen LogP contribution in [0.25, 0.3) is 11.4 Å². The molecular weight excluding hydrogens is 421 g/mol. The summed E-state index contributed by atoms with van der Waals surface area (Å²) >= 11 is 6.94. The molecule has 0 saturated carbocycles. The second-order valence-corrected chi connectivity index (χ2v) is 7.17. The molecule has 0 fully saturated rings. The number of anilines is 1. The Kier molecular flexibility index (Phi) is 6.45. The van der Waals surface area contributed by atoms with E-state index in [0.717, 1.165) is 0 Å². The van der Waals surface area contributed by atoms with Gasteiger partial charge in [-0.1, -0.05) is 23.4 Å². The molecular formula is C18H15ClFN5O3S. The van der Waals surface area contributed by atoms with Gasteiger partial charge >= 0.3 is 0 Å². The van der Waals surface area contributed by atoms with Crippen LogP contribution in [0.3, 0.4) is 0 Å². The molecule has 0 unspecified atom stereocenters. The number of hydrogen-bond acceptors (Lipinski definition) is 6. The summed E-state index contributed by atoms with van der Waals surface area (Å²) < 4.78 is 15.0. The van der Waals surface area contributed by atoms with Crippen LogP contribution < -0.4 is 5.32 Å². The molecule has 3 aromatic rings. The fourth-order valence-corrected chi connectivity index (χ4v) is 3.54. The molecule has 8 nitrogen and oxygen atoms in total. The molecule has 1 heterocycles. The van der Waals surface area contributed by atoms with E-state index in [2.05, 4.69) is 15.5 Å². The lowest BCUT2D eigenvalue weighted by molar-refractivity contribution is -0.384. The van der Waals surface area contributed by atoms with Gasteiger partial charge in [0.1, 0.15) is 10.8 Å². The second-order valence-electron chi connectivity index (χ2n) is 5.82. The van der Waals surface area contributed by atoms with E-state index in [0.29, 0.717) is 23.1 Å². The minimum Gasteiger partial charge on any atom is -0.325 e. The van der Waals surface area contributed by atoms with Crippen LogP contribution in [-0.2, 0) is 11.3 Å². The molecule has 29 heavy (non-hydrogen) atoms. The van der Waals surface area contributed by atoms with Crippen LogP contribution in [0.1, 0.15) is 6.92 Å². The summed E-state index contributed by atoms with van der Waals surface area (Å²) in [5.74, 6) is -0.104. The largest absolute Gasteiger partial charge is 0.325 e. The molecule has 0 aliphatic carbocycles. The van der Waals surface area contributed by atoms with Crippen molar-refractivity contribution < 1.29 is 14.1 Å². The number of halogens is 2. The van der Waals surface area contributed by atoms with Crippen molar-refractivity contribution in [2.45, 2.75) is 18.6 Å². The Labute approximate surface area is 174 Å². The number of aromatic nitrogens is 3. The lowest BCUT2D eigenvalue weighted by atomic mass is 10.2. The molecule has 0 saturated heterocycles. The van der Waals surface area contributed by atoms with Gasteiger partial charge in [0.25, 0.3) is 5.69 Å². The van der Waals surface area contributed by atoms with Crippen molar-refractivity contribution in [1.29, 1.82) is 0 Å². The summed E-state index contributed by atoms with van der Waals surface area (Å²) in [5.41, 5.74) is 0.702. The van der Waals surface area contributed by atoms with Crippen LogP contribution in [0.2, 0.25) is 5.02 Å². The van der Waals surface area contributed by atoms with Gasteiger partial charge < -0.3 is 9.88 Å². The standard InChI is InChI=1S/C18H15ClFN5O3S/c1-2-24-17(11-3-5-12(20)6-4-11)22-23-18(24)29-10-16(26)21-13-7-8-14(19)15(9-13)25(27)28/h3-9H,2,10H2,1H3,(H,21,26). The average molecular weight is 436 g/mol. The zero-order valence-corrected chi connectivity index (χ0v) is 16.7. The quantitative estimate of drug-likeness (QED) is 0.335. The van der Waals surface area contributed by atoms with E-state index in [-0.39, 0.29) is 33.9 Å². The fourth-order valence-electron chi connectivity index (χ4n) is 2.55. The van der Waals surface area contributed by atoms with Crippen molar-refractivity contribution in [3.63, 3.8) is 0 Å². The number of thioether (sulfide) groups is 1. The maximum Gasteiger partial charge on any atom is 0.289 e. The monoisotopic (exact) mass is 435 g/mol. The van der Waals surface area contributed by atoms with Gasteiger partial charge in [-0.2, -0.15) is 0 Å². The normalized spacial score (nSPS) is 10.7. The molecule has 150 valence electrons. The van der Waals surface area contributed by atoms with Crippen molar-refractivity contribution in [2.75, 3.05) is 11.1 Å². The number of nitrogens with one attached hydrogen (secondary N) is 1. The number of rotatable bonds is 7. The lowest BCUT2D eigenvalue weighted by Crippen LogP contribution is -2.14. The van der Waals surface area contributed by atoms with Gasteiger partial charge in [0.2, 0.25) is 5.91 Å². The molecule has 0 atom stereocenters. The minimum absolute atomic E-state index is 0.00764. The Bertz CT molecular complexity index is 1060. The van der Waals surface area contributed by atoms with Crippen molar-refractivity contribution in [3.8, 4) is 11.4 Å². The summed E-state index contributed by atoms with van der Waals surface area (Å²) in [6.07, 6.45) is 0. The molecule has 0 aliphatic heterocycles. The van der Waals surface area contributed by atoms with Gasteiger partial charge in [0.15, 0.2) is 11.0 Å². The maximum absolute atomic E-state index is 13.1. The van der Waals surface area contributed by atoms with Crippen LogP contribution in [0.4, 0.5) is 15.8 Å². The molecule has 1 aromatic heterocycles. The summed E-state index contributed by atoms with van der Waals surface area (Å²) in [5, 5.41) is 22.3. The number of carbonyl (C=O) groups excluding carboxylic acids is 1. The third kappa shape index (κ3) is 4.90. The molecule has 0 aliphatic rings. The van der Waals surface area contributed by atoms with E-state index in [1.54, 1.807) is 12.1 Å². The van der Waals surface area contributed by atoms with Crippen LogP contribution >= 0.6 is 23.4 Å². The van der Waals surface area contributed by atoms with Crippen molar-refractivity contribution in [1.82, 2.24) is 14.8 Å². The van der Waals surface area contributed by atoms with Gasteiger partial charge in [-0.15, -0.1) is 10.2 Å². The Morgan fingerprint density at radius 2 is 2.00 bits per heavy atom. The predicted molar refractivity (Wildman–Crippen MR) is 109 cm³/mol. The average Bonchev–Trinajstić information content (AvgIpc) is 3.11. The van der Waals surface area contributed by atoms with E-state index in [1.807, 2.05) is 11.5 Å². The van der Waals surface area contributed by atoms with Crippen molar-refractivity contribution in [2.24, 2.45) is 0 Å². The number of hydrogen-bond donors (Lipinski definition) is 1. The second kappa shape index (κ2) is 9.01. The third-order valence-electron chi connectivity index (χ3n) is 3.89. The van der Waals surface area contributed by atoms with E-state index < -0.39 is 4.92 Å². The zero-order valence-electron chi connectivity index (χ0n) is 15.1. The smallest absolute Gasteiger partial charge is 0.289 e. The van der Waals surface area contributed by atoms with Gasteiger partial charge in [-0.05, 0) is 43.3 Å². The number of amides is 1. The minimum atomic E-state index is -0.618. The number of benzene rings is 2. The first kappa shape index (κ1) is 20.7. The highest BCUT2D eigenvalue weighted by Gasteiger charge is 2.16. The highest BCUT2D eigenvalue weighted by molar-refractivity contribution is 7.99. The SMILES string of the molecule is CCn1c(SCC(=O)Nc2ccc(Cl)c([N+](=O)[O-])c2)nnc1-c1ccc(F)cc1. The highest BCUT2D eigenvalue weighted by atomic mass is 35.5. The molecule has 3 rings (SSSR count). The van der Waals surface area contributed by atoms with Crippen molar-refractivity contribution in [3.05, 3.63) is 63.4 Å². The van der Waals surface area contributed by atoms with Gasteiger partial charge in [0, 0.05) is 23.9 Å². The van der Waals surface area contributed by atoms with E-state index in [4.69, 9.17) is 11.6 Å². The van der Waals surface area contributed by atoms with Crippen LogP contribution in [-0.4, -0.2) is 31.3 Å². The van der Waals surface area contributed by atoms with Gasteiger partial charge in [-0.3, -0.25) is 14.9 Å². The molecule has 11 heteroatoms. The zero-order chi connectivity index (χ0) is 21.0. The van der Waals surface area contributed by atoms with Gasteiger partial charge in [0.05, 0.1) is 10.7 Å². The summed E-state index contributed by atoms with van der Waals surface area (Å²) in [4.78, 5) is 22.6. The van der Waals surface area contributed by atoms with Crippen LogP contribution in [0.15, 0.2) is 47.6 Å². The Hall–Kier alpha value is -2.98. The first-order valence-corrected chi connectivity index (χ1v) is 9.81. The molecule has 0 spiro atoms. The number of nitro benzene ring substituents is 1. The summed E-state index contributed by atoms with van der Waals surface area (Å²) in [6, 6.07) is 9.95. The van der Waals surface area contributed by atoms with Gasteiger partial charge in [-0.25, -0.2) is 4.39 Å². The van der Waals surface area contributed by atoms with E-state index >= 15 is 0 Å². The Morgan fingerprint density at radius 1 is 1.28 bits per heavy atom. The Balaban J connectivity index is 1.68. The first-order chi connectivity index (χ1) is 13.9. The molecule has 2 aromatic carbocycles. The highest BCUT2D eigenvalue weighted by Crippen LogP contribution is 2.28.